The highest BCUT2D eigenvalue weighted by atomic mass is 16.2. The molecule has 1 aromatic carbocycles. The van der Waals surface area contributed by atoms with Crippen molar-refractivity contribution >= 4 is 11.9 Å². The van der Waals surface area contributed by atoms with Crippen molar-refractivity contribution in [2.75, 3.05) is 53.9 Å². The maximum Gasteiger partial charge on any atom is 0.253 e. The zero-order chi connectivity index (χ0) is 21.2. The Morgan fingerprint density at radius 3 is 2.52 bits per heavy atom. The number of benzene rings is 1. The molecule has 1 aliphatic rings. The van der Waals surface area contributed by atoms with Crippen LogP contribution < -0.4 is 10.6 Å². The highest BCUT2D eigenvalue weighted by molar-refractivity contribution is 5.94. The number of nitrogens with zero attached hydrogens (tertiary/aromatic N) is 3. The van der Waals surface area contributed by atoms with E-state index in [-0.39, 0.29) is 5.91 Å². The Hall–Kier alpha value is -2.08. The van der Waals surface area contributed by atoms with Crippen LogP contribution in [-0.4, -0.2) is 75.5 Å². The Kier molecular flexibility index (Phi) is 9.45. The molecule has 2 rings (SSSR count). The monoisotopic (exact) mass is 401 g/mol. The Morgan fingerprint density at radius 2 is 1.86 bits per heavy atom. The molecule has 162 valence electrons. The zero-order valence-corrected chi connectivity index (χ0v) is 18.9. The fourth-order valence-corrected chi connectivity index (χ4v) is 4.15. The van der Waals surface area contributed by atoms with Gasteiger partial charge in [-0.15, -0.1) is 0 Å². The number of carbonyl (C=O) groups excluding carboxylic acids is 1. The molecule has 0 saturated carbocycles. The van der Waals surface area contributed by atoms with Gasteiger partial charge in [-0.05, 0) is 55.3 Å². The number of hydrogen-bond donors (Lipinski definition) is 2. The first-order valence-electron chi connectivity index (χ1n) is 10.9. The third-order valence-corrected chi connectivity index (χ3v) is 5.40. The summed E-state index contributed by atoms with van der Waals surface area (Å²) in [6.45, 7) is 10.0. The first kappa shape index (κ1) is 23.2. The number of carbonyl (C=O) groups is 1. The molecule has 1 aliphatic heterocycles. The van der Waals surface area contributed by atoms with E-state index in [0.717, 1.165) is 61.4 Å². The second-order valence-corrected chi connectivity index (χ2v) is 8.63. The molecule has 6 heteroatoms. The first-order chi connectivity index (χ1) is 13.9. The maximum absolute atomic E-state index is 12.1. The second-order valence-electron chi connectivity index (χ2n) is 8.63. The van der Waals surface area contributed by atoms with Crippen LogP contribution in [0.25, 0.3) is 0 Å². The second kappa shape index (κ2) is 11.8. The van der Waals surface area contributed by atoms with Gasteiger partial charge in [0, 0.05) is 52.9 Å². The number of hydrogen-bond acceptors (Lipinski definition) is 3. The van der Waals surface area contributed by atoms with Gasteiger partial charge in [0.05, 0.1) is 0 Å². The van der Waals surface area contributed by atoms with E-state index < -0.39 is 0 Å². The van der Waals surface area contributed by atoms with Crippen LogP contribution >= 0.6 is 0 Å². The van der Waals surface area contributed by atoms with Gasteiger partial charge >= 0.3 is 0 Å². The van der Waals surface area contributed by atoms with Gasteiger partial charge in [-0.1, -0.05) is 26.0 Å². The Balaban J connectivity index is 1.68. The molecule has 0 aliphatic carbocycles. The maximum atomic E-state index is 12.1. The molecule has 0 aromatic heterocycles. The van der Waals surface area contributed by atoms with E-state index in [1.54, 1.807) is 26.0 Å². The Labute approximate surface area is 176 Å². The Morgan fingerprint density at radius 1 is 1.17 bits per heavy atom. The van der Waals surface area contributed by atoms with E-state index in [1.165, 1.54) is 19.5 Å². The lowest BCUT2D eigenvalue weighted by molar-refractivity contribution is 0.0827. The van der Waals surface area contributed by atoms with Crippen molar-refractivity contribution in [3.8, 4) is 0 Å². The van der Waals surface area contributed by atoms with Crippen LogP contribution in [0.3, 0.4) is 0 Å². The van der Waals surface area contributed by atoms with Crippen molar-refractivity contribution in [1.82, 2.24) is 20.4 Å². The molecule has 6 nitrogen and oxygen atoms in total. The van der Waals surface area contributed by atoms with E-state index in [4.69, 9.17) is 0 Å². The molecule has 29 heavy (non-hydrogen) atoms. The van der Waals surface area contributed by atoms with Gasteiger partial charge in [-0.2, -0.15) is 0 Å². The molecule has 2 unspecified atom stereocenters. The largest absolute Gasteiger partial charge is 0.356 e. The molecule has 0 bridgehead atoms. The number of aliphatic imine (C=N–C) groups is 1. The zero-order valence-electron chi connectivity index (χ0n) is 18.9. The van der Waals surface area contributed by atoms with E-state index >= 15 is 0 Å². The Bertz CT molecular complexity index is 663. The molecule has 0 spiro atoms. The summed E-state index contributed by atoms with van der Waals surface area (Å²) < 4.78 is 0. The average molecular weight is 402 g/mol. The summed E-state index contributed by atoms with van der Waals surface area (Å²) in [5.41, 5.74) is 1.88. The molecule has 2 N–H and O–H groups in total. The topological polar surface area (TPSA) is 60.0 Å². The van der Waals surface area contributed by atoms with Crippen molar-refractivity contribution in [3.63, 3.8) is 0 Å². The smallest absolute Gasteiger partial charge is 0.253 e. The number of amides is 1. The third kappa shape index (κ3) is 8.05. The fourth-order valence-electron chi connectivity index (χ4n) is 4.15. The predicted molar refractivity (Wildman–Crippen MR) is 122 cm³/mol. The molecular formula is C23H39N5O. The van der Waals surface area contributed by atoms with Crippen molar-refractivity contribution in [2.24, 2.45) is 16.8 Å². The average Bonchev–Trinajstić information content (AvgIpc) is 2.68. The van der Waals surface area contributed by atoms with E-state index in [9.17, 15) is 4.79 Å². The van der Waals surface area contributed by atoms with Gasteiger partial charge in [0.15, 0.2) is 5.96 Å². The van der Waals surface area contributed by atoms with E-state index in [0.29, 0.717) is 0 Å². The number of rotatable bonds is 8. The van der Waals surface area contributed by atoms with Crippen LogP contribution in [0.5, 0.6) is 0 Å². The number of guanidine groups is 1. The van der Waals surface area contributed by atoms with Crippen molar-refractivity contribution in [3.05, 3.63) is 35.4 Å². The third-order valence-electron chi connectivity index (χ3n) is 5.40. The van der Waals surface area contributed by atoms with Gasteiger partial charge < -0.3 is 20.4 Å². The molecule has 1 amide bonds. The van der Waals surface area contributed by atoms with Gasteiger partial charge in [-0.3, -0.25) is 9.79 Å². The fraction of sp³-hybridized carbons (Fsp3) is 0.652. The van der Waals surface area contributed by atoms with Crippen LogP contribution in [-0.2, 0) is 6.42 Å². The number of piperidine rings is 1. The lowest BCUT2D eigenvalue weighted by atomic mass is 9.92. The standard InChI is InChI=1S/C23H39N5O/c1-18-14-19(2)17-28(16-18)13-7-11-25-23(24-3)26-12-10-20-8-6-9-21(15-20)22(29)27(4)5/h6,8-9,15,18-19H,7,10-14,16-17H2,1-5H3,(H2,24,25,26). The van der Waals surface area contributed by atoms with Crippen LogP contribution in [0.2, 0.25) is 0 Å². The van der Waals surface area contributed by atoms with E-state index in [2.05, 4.69) is 40.4 Å². The summed E-state index contributed by atoms with van der Waals surface area (Å²) in [5, 5.41) is 6.79. The molecule has 0 radical (unpaired) electrons. The molecule has 1 fully saturated rings. The van der Waals surface area contributed by atoms with Crippen LogP contribution in [0, 0.1) is 11.8 Å². The summed E-state index contributed by atoms with van der Waals surface area (Å²) in [4.78, 5) is 20.6. The van der Waals surface area contributed by atoms with Crippen molar-refractivity contribution in [2.45, 2.75) is 33.1 Å². The summed E-state index contributed by atoms with van der Waals surface area (Å²) in [7, 11) is 5.36. The normalized spacial score (nSPS) is 20.4. The molecule has 2 atom stereocenters. The summed E-state index contributed by atoms with van der Waals surface area (Å²) in [6.07, 6.45) is 3.32. The van der Waals surface area contributed by atoms with E-state index in [1.807, 2.05) is 18.2 Å². The van der Waals surface area contributed by atoms with Crippen molar-refractivity contribution in [1.29, 1.82) is 0 Å². The summed E-state index contributed by atoms with van der Waals surface area (Å²) >= 11 is 0. The van der Waals surface area contributed by atoms with Crippen molar-refractivity contribution < 1.29 is 4.79 Å². The number of likely N-dealkylation sites (tertiary alicyclic amines) is 1. The van der Waals surface area contributed by atoms with Gasteiger partial charge in [0.2, 0.25) is 0 Å². The predicted octanol–water partition coefficient (Wildman–Crippen LogP) is 2.46. The van der Waals surface area contributed by atoms with Gasteiger partial charge in [-0.25, -0.2) is 0 Å². The lowest BCUT2D eigenvalue weighted by Gasteiger charge is -2.35. The quantitative estimate of drug-likeness (QED) is 0.399. The summed E-state index contributed by atoms with van der Waals surface area (Å²) in [6, 6.07) is 7.84. The minimum absolute atomic E-state index is 0.0368. The van der Waals surface area contributed by atoms with Crippen LogP contribution in [0.1, 0.15) is 42.6 Å². The molecular weight excluding hydrogens is 362 g/mol. The van der Waals surface area contributed by atoms with Crippen LogP contribution in [0.4, 0.5) is 0 Å². The molecule has 1 heterocycles. The highest BCUT2D eigenvalue weighted by Gasteiger charge is 2.20. The number of nitrogens with one attached hydrogen (secondary N) is 2. The highest BCUT2D eigenvalue weighted by Crippen LogP contribution is 2.20. The minimum Gasteiger partial charge on any atom is -0.356 e. The lowest BCUT2D eigenvalue weighted by Crippen LogP contribution is -2.42. The van der Waals surface area contributed by atoms with Gasteiger partial charge in [0.1, 0.15) is 0 Å². The first-order valence-corrected chi connectivity index (χ1v) is 10.9. The van der Waals surface area contributed by atoms with Gasteiger partial charge in [0.25, 0.3) is 5.91 Å². The van der Waals surface area contributed by atoms with Crippen LogP contribution in [0.15, 0.2) is 29.3 Å². The SMILES string of the molecule is CN=C(NCCCN1CC(C)CC(C)C1)NCCc1cccc(C(=O)N(C)C)c1. The molecule has 1 aromatic rings. The molecule has 1 saturated heterocycles. The minimum atomic E-state index is 0.0368. The summed E-state index contributed by atoms with van der Waals surface area (Å²) in [5.74, 6) is 2.50.